The third kappa shape index (κ3) is 14.2. The number of allylic oxidation sites excluding steroid dienone is 6. The molecule has 1 amide bonds. The van der Waals surface area contributed by atoms with Crippen LogP contribution >= 0.6 is 0 Å². The van der Waals surface area contributed by atoms with E-state index in [4.69, 9.17) is 23.7 Å². The maximum Gasteiger partial charge on any atom is 0.329 e. The molecule has 0 aromatic carbocycles. The number of carbonyl (C=O) groups is 5. The van der Waals surface area contributed by atoms with E-state index in [0.717, 1.165) is 18.4 Å². The first-order valence-electron chi connectivity index (χ1n) is 25.0. The minimum absolute atomic E-state index is 0.0124. The third-order valence-electron chi connectivity index (χ3n) is 15.1. The predicted octanol–water partition coefficient (Wildman–Crippen LogP) is 6.05. The van der Waals surface area contributed by atoms with Gasteiger partial charge >= 0.3 is 11.8 Å². The number of aliphatic hydroxyl groups is 2. The number of carbonyl (C=O) groups excluding carboxylic acids is 5. The maximum absolute atomic E-state index is 14.7. The lowest BCUT2D eigenvalue weighted by atomic mass is 9.77. The number of esters is 1. The Morgan fingerprint density at radius 3 is 2.30 bits per heavy atom. The van der Waals surface area contributed by atoms with E-state index in [1.54, 1.807) is 52.1 Å². The molecule has 4 heterocycles. The third-order valence-corrected chi connectivity index (χ3v) is 15.1. The number of piperidine rings is 1. The van der Waals surface area contributed by atoms with E-state index in [1.165, 1.54) is 12.0 Å². The summed E-state index contributed by atoms with van der Waals surface area (Å²) < 4.78 is 31.7. The molecule has 17 heteroatoms. The Morgan fingerprint density at radius 1 is 0.870 bits per heavy atom. The van der Waals surface area contributed by atoms with Crippen LogP contribution < -0.4 is 0 Å². The molecule has 15 atom stereocenters. The van der Waals surface area contributed by atoms with Gasteiger partial charge in [-0.15, -0.1) is 5.10 Å². The van der Waals surface area contributed by atoms with Crippen molar-refractivity contribution in [3.8, 4) is 0 Å². The van der Waals surface area contributed by atoms with Crippen molar-refractivity contribution in [2.24, 2.45) is 35.5 Å². The molecule has 1 aromatic rings. The van der Waals surface area contributed by atoms with Crippen LogP contribution in [0, 0.1) is 35.5 Å². The summed E-state index contributed by atoms with van der Waals surface area (Å²) in [6.45, 7) is 12.8. The lowest BCUT2D eigenvalue weighted by molar-refractivity contribution is -0.231. The number of ether oxygens (including phenoxy) is 5. The van der Waals surface area contributed by atoms with E-state index < -0.39 is 77.8 Å². The standard InChI is InChI=1S/C52H79N5O12/c1-31-16-12-11-13-17-32(2)43(65-8)28-39-21-19-33(3)49(61)52(64,69-39)51(63)56-23-15-14-18-41(56)50(62)68-44(35(5)26-38-20-22-40(45(27-38)66-9)57-30-53-54-55-57)29-42(58)34(4)25-37(7)47(60)48(67-10)46(59)36(6)24-31/h11-13,16-17,25,30-31,33-36,38-41,43-45,47-48,60,64H,14-15,18-24,26-29H2,1-10H3/b13-11+,16-12+,32-17+,37-25+/t31-,33-,34-,35-,36+,38+,39?,40-,41?,43+,44+,45-,47-,48+,52?/m1/s1. The van der Waals surface area contributed by atoms with Gasteiger partial charge < -0.3 is 38.8 Å². The smallest absolute Gasteiger partial charge is 0.329 e. The Balaban J connectivity index is 1.49. The summed E-state index contributed by atoms with van der Waals surface area (Å²) in [5.41, 5.74) is 1.24. The molecule has 3 fully saturated rings. The van der Waals surface area contributed by atoms with Crippen molar-refractivity contribution in [1.82, 2.24) is 25.1 Å². The second-order valence-corrected chi connectivity index (χ2v) is 20.4. The largest absolute Gasteiger partial charge is 0.460 e. The van der Waals surface area contributed by atoms with E-state index >= 15 is 0 Å². The topological polar surface area (TPSA) is 219 Å². The summed E-state index contributed by atoms with van der Waals surface area (Å²) in [5.74, 6) is -7.98. The number of aromatic nitrogens is 4. The van der Waals surface area contributed by atoms with Gasteiger partial charge in [-0.3, -0.25) is 19.2 Å². The molecule has 0 radical (unpaired) electrons. The SMILES string of the molecule is CO[C@H]1CC2CC[C@@H](C)C(=O)C(O)(O2)C(=O)N2CCCCC2C(=O)O[C@H]([C@H](C)C[C@@H]2CC[C@@H](n3cnnn3)[C@H](OC)C2)CC(=O)[C@H](C)/C=C(\C)[C@@H](O)[C@@H](OC)C(=O)[C@@H](C)C[C@H](C)/C=C/C=C/C=C/1C. The fraction of sp³-hybridized carbons (Fsp3) is 0.731. The van der Waals surface area contributed by atoms with Crippen molar-refractivity contribution >= 4 is 29.2 Å². The number of aliphatic hydroxyl groups excluding tert-OH is 1. The highest BCUT2D eigenvalue weighted by Gasteiger charge is 2.55. The molecule has 3 unspecified atom stereocenters. The van der Waals surface area contributed by atoms with Crippen molar-refractivity contribution < 1.29 is 57.9 Å². The van der Waals surface area contributed by atoms with Crippen LogP contribution in [0.4, 0.5) is 0 Å². The van der Waals surface area contributed by atoms with Gasteiger partial charge in [-0.25, -0.2) is 9.48 Å². The van der Waals surface area contributed by atoms with Crippen LogP contribution in [0.25, 0.3) is 0 Å². The number of fused-ring (bicyclic) bond motifs is 3. The first-order valence-corrected chi connectivity index (χ1v) is 25.0. The second kappa shape index (κ2) is 25.7. The molecule has 17 nitrogen and oxygen atoms in total. The van der Waals surface area contributed by atoms with Gasteiger partial charge in [0.1, 0.15) is 36.5 Å². The monoisotopic (exact) mass is 966 g/mol. The molecule has 69 heavy (non-hydrogen) atoms. The Morgan fingerprint density at radius 2 is 1.62 bits per heavy atom. The van der Waals surface area contributed by atoms with Crippen LogP contribution in [0.3, 0.4) is 0 Å². The quantitative estimate of drug-likeness (QED) is 0.181. The van der Waals surface area contributed by atoms with Crippen LogP contribution in [0.2, 0.25) is 0 Å². The lowest BCUT2D eigenvalue weighted by Gasteiger charge is -2.40. The van der Waals surface area contributed by atoms with Crippen molar-refractivity contribution in [2.45, 2.75) is 180 Å². The lowest BCUT2D eigenvalue weighted by Crippen LogP contribution is -2.62. The summed E-state index contributed by atoms with van der Waals surface area (Å²) in [7, 11) is 4.61. The zero-order valence-electron chi connectivity index (χ0n) is 42.5. The number of rotatable bonds is 7. The molecule has 4 aliphatic rings. The zero-order chi connectivity index (χ0) is 50.6. The molecule has 1 aliphatic carbocycles. The molecule has 384 valence electrons. The normalized spacial score (nSPS) is 38.8. The number of methoxy groups -OCH3 is 3. The van der Waals surface area contributed by atoms with Gasteiger partial charge in [0.05, 0.1) is 24.4 Å². The highest BCUT2D eigenvalue weighted by molar-refractivity contribution is 6.09. The summed E-state index contributed by atoms with van der Waals surface area (Å²) in [4.78, 5) is 72.6. The average Bonchev–Trinajstić information content (AvgIpc) is 3.85. The Kier molecular flexibility index (Phi) is 20.8. The van der Waals surface area contributed by atoms with Crippen molar-refractivity contribution in [3.05, 3.63) is 53.9 Å². The zero-order valence-corrected chi connectivity index (χ0v) is 42.5. The maximum atomic E-state index is 14.7. The number of ketones is 3. The Labute approximate surface area is 408 Å². The first-order chi connectivity index (χ1) is 32.8. The van der Waals surface area contributed by atoms with Crippen molar-refractivity contribution in [2.75, 3.05) is 27.9 Å². The number of hydrogen-bond donors (Lipinski definition) is 2. The minimum Gasteiger partial charge on any atom is -0.460 e. The first kappa shape index (κ1) is 55.7. The number of nitrogens with zero attached hydrogens (tertiary/aromatic N) is 5. The minimum atomic E-state index is -2.86. The van der Waals surface area contributed by atoms with Gasteiger partial charge in [0.2, 0.25) is 5.78 Å². The fourth-order valence-corrected chi connectivity index (χ4v) is 10.7. The Bertz CT molecular complexity index is 2020. The van der Waals surface area contributed by atoms with Crippen molar-refractivity contribution in [1.29, 1.82) is 0 Å². The average molecular weight is 966 g/mol. The molecule has 5 rings (SSSR count). The molecule has 2 N–H and O–H groups in total. The molecule has 1 saturated carbocycles. The highest BCUT2D eigenvalue weighted by Crippen LogP contribution is 2.39. The van der Waals surface area contributed by atoms with E-state index in [2.05, 4.69) is 15.5 Å². The van der Waals surface area contributed by atoms with Crippen molar-refractivity contribution in [3.63, 3.8) is 0 Å². The van der Waals surface area contributed by atoms with Crippen LogP contribution in [0.15, 0.2) is 53.9 Å². The Hall–Kier alpha value is -4.26. The van der Waals surface area contributed by atoms with Crippen LogP contribution in [-0.4, -0.2) is 141 Å². The number of amides is 1. The molecule has 0 spiro atoms. The summed E-state index contributed by atoms with van der Waals surface area (Å²) >= 11 is 0. The highest BCUT2D eigenvalue weighted by atomic mass is 16.6. The molecule has 1 aromatic heterocycles. The van der Waals surface area contributed by atoms with Gasteiger partial charge in [-0.2, -0.15) is 0 Å². The second-order valence-electron chi connectivity index (χ2n) is 20.4. The van der Waals surface area contributed by atoms with E-state index in [-0.39, 0.29) is 67.3 Å². The van der Waals surface area contributed by atoms with Gasteiger partial charge in [-0.1, -0.05) is 71.1 Å². The molecule has 2 saturated heterocycles. The fourth-order valence-electron chi connectivity index (χ4n) is 10.7. The van der Waals surface area contributed by atoms with Gasteiger partial charge in [0.25, 0.3) is 5.91 Å². The predicted molar refractivity (Wildman–Crippen MR) is 256 cm³/mol. The summed E-state index contributed by atoms with van der Waals surface area (Å²) in [6, 6.07) is -1.21. The van der Waals surface area contributed by atoms with Gasteiger partial charge in [-0.05, 0) is 117 Å². The van der Waals surface area contributed by atoms with Gasteiger partial charge in [0.15, 0.2) is 5.78 Å². The van der Waals surface area contributed by atoms with Crippen LogP contribution in [0.5, 0.6) is 0 Å². The van der Waals surface area contributed by atoms with E-state index in [9.17, 15) is 34.2 Å². The molecular weight excluding hydrogens is 887 g/mol. The molecule has 2 bridgehead atoms. The number of tetrazole rings is 1. The van der Waals surface area contributed by atoms with Gasteiger partial charge in [0, 0.05) is 58.5 Å². The van der Waals surface area contributed by atoms with E-state index in [0.29, 0.717) is 50.5 Å². The summed E-state index contributed by atoms with van der Waals surface area (Å²) in [5, 5.41) is 35.4. The molecule has 3 aliphatic heterocycles. The number of cyclic esters (lactones) is 1. The van der Waals surface area contributed by atoms with Crippen LogP contribution in [0.1, 0.15) is 132 Å². The number of Topliss-reactive ketones (excluding diaryl/α,β-unsaturated/α-hetero) is 3. The molecular formula is C52H79N5O12. The van der Waals surface area contributed by atoms with E-state index in [1.807, 2.05) is 58.1 Å². The number of hydrogen-bond acceptors (Lipinski definition) is 15. The van der Waals surface area contributed by atoms with Crippen LogP contribution in [-0.2, 0) is 47.7 Å². The summed E-state index contributed by atoms with van der Waals surface area (Å²) in [6.07, 6.45) is 13.4.